The first kappa shape index (κ1) is 6.67. The maximum absolute atomic E-state index is 8.87. The Labute approximate surface area is 57.6 Å². The van der Waals surface area contributed by atoms with E-state index in [1.165, 1.54) is 6.07 Å². The van der Waals surface area contributed by atoms with Crippen molar-refractivity contribution in [2.24, 2.45) is 0 Å². The topological polar surface area (TPSA) is 64.6 Å². The van der Waals surface area contributed by atoms with Gasteiger partial charge in [0.2, 0.25) is 11.4 Å². The van der Waals surface area contributed by atoms with Crippen molar-refractivity contribution in [2.45, 2.75) is 6.92 Å². The van der Waals surface area contributed by atoms with E-state index in [1.54, 1.807) is 6.92 Å². The van der Waals surface area contributed by atoms with Gasteiger partial charge in [-0.25, -0.2) is 0 Å². The zero-order chi connectivity index (χ0) is 7.72. The molecule has 0 saturated carbocycles. The molecule has 0 aromatic carbocycles. The largest absolute Gasteiger partial charge is 0.504 e. The number of rotatable bonds is 0. The summed E-state index contributed by atoms with van der Waals surface area (Å²) in [6.07, 6.45) is 1.02. The van der Waals surface area contributed by atoms with Crippen molar-refractivity contribution in [1.29, 1.82) is 0 Å². The molecule has 0 aliphatic carbocycles. The van der Waals surface area contributed by atoms with Gasteiger partial charge in [0.05, 0.1) is 6.07 Å². The summed E-state index contributed by atoms with van der Waals surface area (Å²) in [7, 11) is 0. The minimum atomic E-state index is -0.340. The quantitative estimate of drug-likeness (QED) is 0.351. The molecule has 10 heavy (non-hydrogen) atoms. The van der Waals surface area contributed by atoms with Crippen molar-refractivity contribution in [3.05, 3.63) is 18.0 Å². The van der Waals surface area contributed by atoms with Crippen LogP contribution < -0.4 is 4.73 Å². The second kappa shape index (κ2) is 2.06. The summed E-state index contributed by atoms with van der Waals surface area (Å²) < 4.78 is 0.731. The van der Waals surface area contributed by atoms with Crippen molar-refractivity contribution in [2.75, 3.05) is 0 Å². The molecule has 1 rings (SSSR count). The van der Waals surface area contributed by atoms with E-state index < -0.39 is 0 Å². The van der Waals surface area contributed by atoms with E-state index in [0.717, 1.165) is 10.9 Å². The maximum atomic E-state index is 8.87. The molecule has 0 spiro atoms. The van der Waals surface area contributed by atoms with Gasteiger partial charge in [-0.1, -0.05) is 0 Å². The Bertz CT molecular complexity index is 209. The normalized spacial score (nSPS) is 9.70. The average molecular weight is 142 g/mol. The molecule has 4 heteroatoms. The van der Waals surface area contributed by atoms with E-state index in [0.29, 0.717) is 5.69 Å². The summed E-state index contributed by atoms with van der Waals surface area (Å²) >= 11 is 0. The first-order chi connectivity index (χ1) is 4.61. The van der Waals surface area contributed by atoms with Gasteiger partial charge in [0.25, 0.3) is 6.20 Å². The molecular weight excluding hydrogens is 134 g/mol. The van der Waals surface area contributed by atoms with Gasteiger partial charge >= 0.3 is 0 Å². The van der Waals surface area contributed by atoms with E-state index >= 15 is 0 Å². The molecule has 0 amide bonds. The number of aromatic nitrogens is 1. The van der Waals surface area contributed by atoms with Crippen LogP contribution in [0, 0.1) is 6.92 Å². The van der Waals surface area contributed by atoms with E-state index in [2.05, 4.69) is 0 Å². The molecule has 0 saturated heterocycles. The third-order valence-corrected chi connectivity index (χ3v) is 1.21. The Hall–Kier alpha value is -1.45. The van der Waals surface area contributed by atoms with E-state index in [4.69, 9.17) is 15.4 Å². The minimum absolute atomic E-state index is 0.234. The number of pyridine rings is 1. The molecule has 3 N–H and O–H groups in total. The second-order valence-electron chi connectivity index (χ2n) is 2.03. The highest BCUT2D eigenvalue weighted by molar-refractivity contribution is 5.33. The molecule has 0 radical (unpaired) electrons. The molecule has 1 aromatic heterocycles. The fraction of sp³-hybridized carbons (Fsp3) is 0.167. The van der Waals surface area contributed by atoms with Gasteiger partial charge in [-0.15, -0.1) is 0 Å². The first-order valence-electron chi connectivity index (χ1n) is 2.75. The summed E-state index contributed by atoms with van der Waals surface area (Å²) in [4.78, 5) is 0. The molecule has 0 aliphatic rings. The van der Waals surface area contributed by atoms with Gasteiger partial charge in [0.1, 0.15) is 0 Å². The molecule has 0 aliphatic heterocycles. The van der Waals surface area contributed by atoms with Crippen molar-refractivity contribution in [3.63, 3.8) is 0 Å². The van der Waals surface area contributed by atoms with Crippen LogP contribution >= 0.6 is 0 Å². The number of aromatic hydroxyl groups is 2. The van der Waals surface area contributed by atoms with Crippen LogP contribution in [0.4, 0.5) is 0 Å². The Morgan fingerprint density at radius 2 is 1.90 bits per heavy atom. The van der Waals surface area contributed by atoms with Crippen LogP contribution in [0.25, 0.3) is 0 Å². The summed E-state index contributed by atoms with van der Waals surface area (Å²) in [6, 6.07) is 1.26. The number of hydrogen-bond acceptors (Lipinski definition) is 3. The number of aryl methyl sites for hydroxylation is 1. The Morgan fingerprint density at radius 1 is 1.30 bits per heavy atom. The smallest absolute Gasteiger partial charge is 0.267 e. The summed E-state index contributed by atoms with van der Waals surface area (Å²) in [6.45, 7) is 1.60. The van der Waals surface area contributed by atoms with Crippen LogP contribution in [-0.2, 0) is 0 Å². The van der Waals surface area contributed by atoms with Crippen LogP contribution in [0.15, 0.2) is 12.3 Å². The lowest BCUT2D eigenvalue weighted by atomic mass is 10.3. The van der Waals surface area contributed by atoms with Gasteiger partial charge in [0, 0.05) is 11.7 Å². The average Bonchev–Trinajstić information content (AvgIpc) is 1.84. The van der Waals surface area contributed by atoms with Gasteiger partial charge in [-0.2, -0.15) is 0 Å². The van der Waals surface area contributed by atoms with Crippen LogP contribution in [0.5, 0.6) is 11.5 Å². The van der Waals surface area contributed by atoms with Crippen LogP contribution in [0.1, 0.15) is 5.69 Å². The Balaban J connectivity index is 3.28. The SMILES string of the molecule is Cc1cc(O)c(O)c[n+]1O. The fourth-order valence-electron chi connectivity index (χ4n) is 0.622. The third kappa shape index (κ3) is 0.953. The van der Waals surface area contributed by atoms with E-state index in [-0.39, 0.29) is 11.5 Å². The van der Waals surface area contributed by atoms with Gasteiger partial charge in [0.15, 0.2) is 5.75 Å². The van der Waals surface area contributed by atoms with Crippen LogP contribution in [-0.4, -0.2) is 15.4 Å². The number of hydrogen-bond donors (Lipinski definition) is 3. The molecule has 0 unspecified atom stereocenters. The number of nitrogens with zero attached hydrogens (tertiary/aromatic N) is 1. The van der Waals surface area contributed by atoms with Gasteiger partial charge in [-0.05, 0) is 0 Å². The highest BCUT2D eigenvalue weighted by atomic mass is 16.5. The molecule has 0 fully saturated rings. The van der Waals surface area contributed by atoms with Gasteiger partial charge < -0.3 is 10.2 Å². The Morgan fingerprint density at radius 3 is 2.40 bits per heavy atom. The monoisotopic (exact) mass is 142 g/mol. The third-order valence-electron chi connectivity index (χ3n) is 1.21. The lowest BCUT2D eigenvalue weighted by molar-refractivity contribution is -0.909. The van der Waals surface area contributed by atoms with E-state index in [9.17, 15) is 0 Å². The van der Waals surface area contributed by atoms with Crippen LogP contribution in [0.3, 0.4) is 0 Å². The Kier molecular flexibility index (Phi) is 1.37. The standard InChI is InChI=1S/C6H7NO3/c1-4-2-5(8)6(9)3-7(4)10/h2-3,9-10H,1H3/p+1. The van der Waals surface area contributed by atoms with Crippen LogP contribution in [0.2, 0.25) is 0 Å². The molecule has 4 nitrogen and oxygen atoms in total. The predicted octanol–water partition coefficient (Wildman–Crippen LogP) is -0.0690. The second-order valence-corrected chi connectivity index (χ2v) is 2.03. The highest BCUT2D eigenvalue weighted by Crippen LogP contribution is 2.20. The molecular formula is C6H8NO3+. The van der Waals surface area contributed by atoms with Crippen molar-refractivity contribution in [1.82, 2.24) is 0 Å². The van der Waals surface area contributed by atoms with Crippen molar-refractivity contribution in [3.8, 4) is 11.5 Å². The van der Waals surface area contributed by atoms with E-state index in [1.807, 2.05) is 0 Å². The summed E-state index contributed by atoms with van der Waals surface area (Å²) in [5.41, 5.74) is 0.454. The fourth-order valence-corrected chi connectivity index (χ4v) is 0.622. The first-order valence-corrected chi connectivity index (χ1v) is 2.75. The van der Waals surface area contributed by atoms with Crippen molar-refractivity contribution >= 4 is 0 Å². The summed E-state index contributed by atoms with van der Waals surface area (Å²) in [5, 5.41) is 26.5. The van der Waals surface area contributed by atoms with Gasteiger partial charge in [-0.3, -0.25) is 5.21 Å². The molecule has 0 bridgehead atoms. The van der Waals surface area contributed by atoms with Crippen molar-refractivity contribution < 1.29 is 20.2 Å². The summed E-state index contributed by atoms with van der Waals surface area (Å²) in [5.74, 6) is -0.573. The molecule has 1 heterocycles. The molecule has 0 atom stereocenters. The lowest BCUT2D eigenvalue weighted by Crippen LogP contribution is -2.32. The highest BCUT2D eigenvalue weighted by Gasteiger charge is 2.10. The predicted molar refractivity (Wildman–Crippen MR) is 31.9 cm³/mol. The maximum Gasteiger partial charge on any atom is 0.267 e. The molecule has 1 aromatic rings. The zero-order valence-corrected chi connectivity index (χ0v) is 5.44. The molecule has 54 valence electrons. The minimum Gasteiger partial charge on any atom is -0.504 e. The lowest BCUT2D eigenvalue weighted by Gasteiger charge is -1.93. The zero-order valence-electron chi connectivity index (χ0n) is 5.44.